The fraction of sp³-hybridized carbons (Fsp3) is 0.400. The Hall–Kier alpha value is -1.55. The lowest BCUT2D eigenvalue weighted by Crippen LogP contribution is -2.34. The van der Waals surface area contributed by atoms with Crippen LogP contribution < -0.4 is 5.32 Å². The van der Waals surface area contributed by atoms with Crippen molar-refractivity contribution in [3.63, 3.8) is 0 Å². The van der Waals surface area contributed by atoms with Crippen LogP contribution in [0.15, 0.2) is 22.6 Å². The summed E-state index contributed by atoms with van der Waals surface area (Å²) in [6, 6.07) is 6.13. The fourth-order valence-corrected chi connectivity index (χ4v) is 3.12. The van der Waals surface area contributed by atoms with Crippen molar-refractivity contribution in [3.8, 4) is 0 Å². The van der Waals surface area contributed by atoms with Crippen molar-refractivity contribution in [1.82, 2.24) is 5.32 Å². The summed E-state index contributed by atoms with van der Waals surface area (Å²) in [6.07, 6.45) is 0.861. The highest BCUT2D eigenvalue weighted by Crippen LogP contribution is 2.17. The Morgan fingerprint density at radius 1 is 1.37 bits per heavy atom. The number of nitrogens with one attached hydrogen (secondary N) is 1. The van der Waals surface area contributed by atoms with Crippen LogP contribution in [-0.4, -0.2) is 11.9 Å². The van der Waals surface area contributed by atoms with Gasteiger partial charge in [-0.05, 0) is 45.9 Å². The van der Waals surface area contributed by atoms with E-state index in [-0.39, 0.29) is 11.9 Å². The molecule has 0 saturated heterocycles. The lowest BCUT2D eigenvalue weighted by atomic mass is 10.1. The highest BCUT2D eigenvalue weighted by molar-refractivity contribution is 7.11. The molecule has 0 aliphatic carbocycles. The third-order valence-electron chi connectivity index (χ3n) is 2.97. The van der Waals surface area contributed by atoms with Crippen LogP contribution in [0.1, 0.15) is 38.6 Å². The molecule has 1 amide bonds. The van der Waals surface area contributed by atoms with E-state index >= 15 is 0 Å². The molecule has 0 bridgehead atoms. The normalized spacial score (nSPS) is 12.4. The largest absolute Gasteiger partial charge is 0.466 e. The monoisotopic (exact) mass is 277 g/mol. The summed E-state index contributed by atoms with van der Waals surface area (Å²) in [7, 11) is 0. The molecule has 1 N–H and O–H groups in total. The molecular weight excluding hydrogens is 258 g/mol. The van der Waals surface area contributed by atoms with Gasteiger partial charge in [0.15, 0.2) is 0 Å². The molecule has 2 heterocycles. The minimum atomic E-state index is -0.0601. The number of hydrogen-bond acceptors (Lipinski definition) is 3. The zero-order chi connectivity index (χ0) is 14.0. The SMILES string of the molecule is Cc1cc(C(=O)NC(C)Cc2ccc(C)s2)c(C)o1. The molecule has 0 radical (unpaired) electrons. The highest BCUT2D eigenvalue weighted by atomic mass is 32.1. The van der Waals surface area contributed by atoms with E-state index in [1.165, 1.54) is 9.75 Å². The van der Waals surface area contributed by atoms with Gasteiger partial charge in [-0.3, -0.25) is 4.79 Å². The summed E-state index contributed by atoms with van der Waals surface area (Å²) in [6.45, 7) is 7.78. The number of amides is 1. The molecule has 1 atom stereocenters. The van der Waals surface area contributed by atoms with Crippen LogP contribution in [0, 0.1) is 20.8 Å². The van der Waals surface area contributed by atoms with Gasteiger partial charge in [-0.25, -0.2) is 0 Å². The second-order valence-corrected chi connectivity index (χ2v) is 6.29. The molecule has 102 valence electrons. The molecule has 3 nitrogen and oxygen atoms in total. The van der Waals surface area contributed by atoms with Gasteiger partial charge in [0.05, 0.1) is 5.56 Å². The predicted octanol–water partition coefficient (Wildman–Crippen LogP) is 3.63. The lowest BCUT2D eigenvalue weighted by molar-refractivity contribution is 0.0938. The molecule has 2 aromatic heterocycles. The van der Waals surface area contributed by atoms with Crippen LogP contribution in [0.2, 0.25) is 0 Å². The molecule has 0 fully saturated rings. The molecule has 0 aliphatic heterocycles. The molecule has 0 aromatic carbocycles. The number of furan rings is 1. The van der Waals surface area contributed by atoms with E-state index in [0.29, 0.717) is 11.3 Å². The summed E-state index contributed by atoms with van der Waals surface area (Å²) >= 11 is 1.78. The summed E-state index contributed by atoms with van der Waals surface area (Å²) in [5.74, 6) is 1.38. The summed E-state index contributed by atoms with van der Waals surface area (Å²) in [5, 5.41) is 3.02. The Labute approximate surface area is 117 Å². The minimum absolute atomic E-state index is 0.0601. The Morgan fingerprint density at radius 2 is 2.11 bits per heavy atom. The first-order valence-electron chi connectivity index (χ1n) is 6.39. The molecular formula is C15H19NO2S. The number of hydrogen-bond donors (Lipinski definition) is 1. The van der Waals surface area contributed by atoms with Crippen LogP contribution in [-0.2, 0) is 6.42 Å². The number of aryl methyl sites for hydroxylation is 3. The first-order valence-corrected chi connectivity index (χ1v) is 7.20. The van der Waals surface area contributed by atoms with Gasteiger partial charge in [-0.15, -0.1) is 11.3 Å². The lowest BCUT2D eigenvalue weighted by Gasteiger charge is -2.12. The van der Waals surface area contributed by atoms with Gasteiger partial charge >= 0.3 is 0 Å². The quantitative estimate of drug-likeness (QED) is 0.927. The van der Waals surface area contributed by atoms with Gasteiger partial charge in [-0.1, -0.05) is 0 Å². The topological polar surface area (TPSA) is 42.2 Å². The molecule has 0 saturated carbocycles. The van der Waals surface area contributed by atoms with Gasteiger partial charge in [0.25, 0.3) is 5.91 Å². The van der Waals surface area contributed by atoms with Crippen molar-refractivity contribution in [2.24, 2.45) is 0 Å². The van der Waals surface area contributed by atoms with Crippen molar-refractivity contribution < 1.29 is 9.21 Å². The van der Waals surface area contributed by atoms with Gasteiger partial charge in [0.1, 0.15) is 11.5 Å². The zero-order valence-corrected chi connectivity index (χ0v) is 12.6. The maximum Gasteiger partial charge on any atom is 0.255 e. The van der Waals surface area contributed by atoms with Crippen LogP contribution >= 0.6 is 11.3 Å². The van der Waals surface area contributed by atoms with Gasteiger partial charge in [0, 0.05) is 22.2 Å². The average Bonchev–Trinajstić information content (AvgIpc) is 2.84. The van der Waals surface area contributed by atoms with Gasteiger partial charge in [-0.2, -0.15) is 0 Å². The Balaban J connectivity index is 1.97. The van der Waals surface area contributed by atoms with Gasteiger partial charge < -0.3 is 9.73 Å². The van der Waals surface area contributed by atoms with E-state index in [2.05, 4.69) is 24.4 Å². The second kappa shape index (κ2) is 5.61. The van der Waals surface area contributed by atoms with E-state index in [4.69, 9.17) is 4.42 Å². The summed E-state index contributed by atoms with van der Waals surface area (Å²) < 4.78 is 5.38. The van der Waals surface area contributed by atoms with E-state index < -0.39 is 0 Å². The van der Waals surface area contributed by atoms with E-state index in [9.17, 15) is 4.79 Å². The summed E-state index contributed by atoms with van der Waals surface area (Å²) in [4.78, 5) is 14.7. The van der Waals surface area contributed by atoms with E-state index in [1.807, 2.05) is 20.8 Å². The van der Waals surface area contributed by atoms with Crippen LogP contribution in [0.25, 0.3) is 0 Å². The average molecular weight is 277 g/mol. The van der Waals surface area contributed by atoms with Crippen molar-refractivity contribution >= 4 is 17.2 Å². The van der Waals surface area contributed by atoms with Crippen molar-refractivity contribution in [3.05, 3.63) is 45.0 Å². The number of rotatable bonds is 4. The maximum atomic E-state index is 12.1. The molecule has 2 aromatic rings. The second-order valence-electron chi connectivity index (χ2n) is 4.92. The molecule has 0 aliphatic rings. The first-order chi connectivity index (χ1) is 8.95. The Bertz CT molecular complexity index is 583. The van der Waals surface area contributed by atoms with Crippen molar-refractivity contribution in [2.75, 3.05) is 0 Å². The smallest absolute Gasteiger partial charge is 0.255 e. The Kier molecular flexibility index (Phi) is 4.10. The molecule has 4 heteroatoms. The van der Waals surface area contributed by atoms with Crippen LogP contribution in [0.4, 0.5) is 0 Å². The molecule has 2 rings (SSSR count). The molecule has 0 spiro atoms. The summed E-state index contributed by atoms with van der Waals surface area (Å²) in [5.41, 5.74) is 0.631. The highest BCUT2D eigenvalue weighted by Gasteiger charge is 2.16. The molecule has 1 unspecified atom stereocenters. The van der Waals surface area contributed by atoms with Crippen LogP contribution in [0.5, 0.6) is 0 Å². The predicted molar refractivity (Wildman–Crippen MR) is 77.9 cm³/mol. The minimum Gasteiger partial charge on any atom is -0.466 e. The fourth-order valence-electron chi connectivity index (χ4n) is 2.11. The maximum absolute atomic E-state index is 12.1. The zero-order valence-electron chi connectivity index (χ0n) is 11.7. The number of thiophene rings is 1. The van der Waals surface area contributed by atoms with Crippen molar-refractivity contribution in [1.29, 1.82) is 0 Å². The first kappa shape index (κ1) is 13.9. The number of carbonyl (C=O) groups is 1. The number of carbonyl (C=O) groups excluding carboxylic acids is 1. The van der Waals surface area contributed by atoms with E-state index in [1.54, 1.807) is 17.4 Å². The standard InChI is InChI=1S/C15H19NO2S/c1-9(7-13-6-5-11(3)19-13)16-15(17)14-8-10(2)18-12(14)4/h5-6,8-9H,7H2,1-4H3,(H,16,17). The van der Waals surface area contributed by atoms with E-state index in [0.717, 1.165) is 12.2 Å². The third-order valence-corrected chi connectivity index (χ3v) is 3.99. The van der Waals surface area contributed by atoms with Crippen molar-refractivity contribution in [2.45, 2.75) is 40.2 Å². The Morgan fingerprint density at radius 3 is 2.63 bits per heavy atom. The molecule has 19 heavy (non-hydrogen) atoms. The third kappa shape index (κ3) is 3.47. The van der Waals surface area contributed by atoms with Gasteiger partial charge in [0.2, 0.25) is 0 Å². The van der Waals surface area contributed by atoms with Crippen LogP contribution in [0.3, 0.4) is 0 Å².